The summed E-state index contributed by atoms with van der Waals surface area (Å²) in [4.78, 5) is 22.2. The molecule has 3 aromatic rings. The van der Waals surface area contributed by atoms with Crippen LogP contribution in [0.3, 0.4) is 0 Å². The predicted octanol–water partition coefficient (Wildman–Crippen LogP) is 3.39. The van der Waals surface area contributed by atoms with Gasteiger partial charge in [-0.2, -0.15) is 18.2 Å². The molecule has 27 heavy (non-hydrogen) atoms. The first-order valence-corrected chi connectivity index (χ1v) is 8.12. The van der Waals surface area contributed by atoms with Crippen LogP contribution >= 0.6 is 0 Å². The molecule has 1 aliphatic heterocycles. The van der Waals surface area contributed by atoms with Crippen molar-refractivity contribution in [1.29, 1.82) is 0 Å². The van der Waals surface area contributed by atoms with E-state index in [4.69, 9.17) is 4.52 Å². The highest BCUT2D eigenvalue weighted by Crippen LogP contribution is 2.31. The smallest absolute Gasteiger partial charge is 0.339 e. The van der Waals surface area contributed by atoms with Crippen LogP contribution in [0.4, 0.5) is 13.2 Å². The molecule has 0 bridgehead atoms. The number of rotatable bonds is 3. The van der Waals surface area contributed by atoms with Gasteiger partial charge in [0, 0.05) is 36.6 Å². The fraction of sp³-hybridized carbons (Fsp3) is 0.222. The molecule has 0 aliphatic carbocycles. The number of hydrogen-bond acceptors (Lipinski definition) is 5. The summed E-state index contributed by atoms with van der Waals surface area (Å²) in [7, 11) is 0. The third kappa shape index (κ3) is 3.40. The van der Waals surface area contributed by atoms with E-state index in [1.54, 1.807) is 24.5 Å². The molecule has 1 amide bonds. The molecule has 1 aromatic carbocycles. The molecule has 0 atom stereocenters. The minimum Gasteiger partial charge on any atom is -0.339 e. The lowest BCUT2D eigenvalue weighted by Crippen LogP contribution is -2.48. The Labute approximate surface area is 151 Å². The summed E-state index contributed by atoms with van der Waals surface area (Å²) < 4.78 is 43.1. The fourth-order valence-corrected chi connectivity index (χ4v) is 2.80. The number of pyridine rings is 1. The average molecular weight is 374 g/mol. The summed E-state index contributed by atoms with van der Waals surface area (Å²) in [6.45, 7) is 0.746. The Morgan fingerprint density at radius 1 is 1.07 bits per heavy atom. The molecule has 0 N–H and O–H groups in total. The molecule has 3 heterocycles. The van der Waals surface area contributed by atoms with Gasteiger partial charge in [0.2, 0.25) is 11.7 Å². The van der Waals surface area contributed by atoms with Crippen LogP contribution in [0.2, 0.25) is 0 Å². The highest BCUT2D eigenvalue weighted by atomic mass is 19.4. The quantitative estimate of drug-likeness (QED) is 0.703. The van der Waals surface area contributed by atoms with Crippen molar-refractivity contribution in [2.45, 2.75) is 12.1 Å². The molecule has 2 aromatic heterocycles. The zero-order chi connectivity index (χ0) is 19.0. The van der Waals surface area contributed by atoms with Crippen LogP contribution in [0.5, 0.6) is 0 Å². The van der Waals surface area contributed by atoms with Gasteiger partial charge in [-0.1, -0.05) is 5.16 Å². The monoisotopic (exact) mass is 374 g/mol. The van der Waals surface area contributed by atoms with Gasteiger partial charge in [0.15, 0.2) is 0 Å². The second-order valence-corrected chi connectivity index (χ2v) is 6.17. The minimum absolute atomic E-state index is 0.0912. The van der Waals surface area contributed by atoms with Gasteiger partial charge in [-0.3, -0.25) is 9.78 Å². The maximum atomic E-state index is 12.6. The average Bonchev–Trinajstić information content (AvgIpc) is 3.10. The Bertz CT molecular complexity index is 949. The van der Waals surface area contributed by atoms with Gasteiger partial charge in [-0.05, 0) is 36.4 Å². The van der Waals surface area contributed by atoms with E-state index in [1.807, 2.05) is 0 Å². The predicted molar refractivity (Wildman–Crippen MR) is 87.6 cm³/mol. The standard InChI is InChI=1S/C18H13F3N4O2/c19-18(20,21)14-3-1-12(2-4-14)17(26)25-9-13(10-25)16-23-15(24-27-16)11-5-7-22-8-6-11/h1-8,13H,9-10H2. The van der Waals surface area contributed by atoms with E-state index in [0.717, 1.165) is 17.7 Å². The molecule has 0 saturated carbocycles. The fourth-order valence-electron chi connectivity index (χ4n) is 2.80. The van der Waals surface area contributed by atoms with E-state index >= 15 is 0 Å². The van der Waals surface area contributed by atoms with Crippen LogP contribution in [0.25, 0.3) is 11.4 Å². The lowest BCUT2D eigenvalue weighted by atomic mass is 9.98. The summed E-state index contributed by atoms with van der Waals surface area (Å²) in [6, 6.07) is 7.71. The van der Waals surface area contributed by atoms with E-state index in [2.05, 4.69) is 15.1 Å². The second-order valence-electron chi connectivity index (χ2n) is 6.17. The van der Waals surface area contributed by atoms with Gasteiger partial charge in [0.1, 0.15) is 0 Å². The van der Waals surface area contributed by atoms with Gasteiger partial charge in [-0.25, -0.2) is 0 Å². The zero-order valence-electron chi connectivity index (χ0n) is 13.8. The zero-order valence-corrected chi connectivity index (χ0v) is 13.8. The van der Waals surface area contributed by atoms with Crippen molar-refractivity contribution in [3.63, 3.8) is 0 Å². The van der Waals surface area contributed by atoms with Crippen molar-refractivity contribution in [3.05, 3.63) is 65.8 Å². The molecule has 138 valence electrons. The molecule has 1 saturated heterocycles. The van der Waals surface area contributed by atoms with Crippen LogP contribution in [0.1, 0.15) is 27.7 Å². The Kier molecular flexibility index (Phi) is 4.14. The first-order valence-electron chi connectivity index (χ1n) is 8.12. The number of carbonyl (C=O) groups is 1. The Morgan fingerprint density at radius 2 is 1.74 bits per heavy atom. The Morgan fingerprint density at radius 3 is 2.37 bits per heavy atom. The molecule has 6 nitrogen and oxygen atoms in total. The highest BCUT2D eigenvalue weighted by Gasteiger charge is 2.36. The summed E-state index contributed by atoms with van der Waals surface area (Å²) in [5.41, 5.74) is 0.205. The largest absolute Gasteiger partial charge is 0.416 e. The van der Waals surface area contributed by atoms with Gasteiger partial charge < -0.3 is 9.42 Å². The van der Waals surface area contributed by atoms with Gasteiger partial charge in [0.25, 0.3) is 5.91 Å². The number of hydrogen-bond donors (Lipinski definition) is 0. The van der Waals surface area contributed by atoms with E-state index < -0.39 is 11.7 Å². The number of carbonyl (C=O) groups excluding carboxylic acids is 1. The van der Waals surface area contributed by atoms with Crippen LogP contribution in [-0.4, -0.2) is 39.0 Å². The summed E-state index contributed by atoms with van der Waals surface area (Å²) >= 11 is 0. The third-order valence-electron chi connectivity index (χ3n) is 4.36. The summed E-state index contributed by atoms with van der Waals surface area (Å²) in [5.74, 6) is 0.457. The van der Waals surface area contributed by atoms with Crippen LogP contribution in [-0.2, 0) is 6.18 Å². The maximum absolute atomic E-state index is 12.6. The SMILES string of the molecule is O=C(c1ccc(C(F)(F)F)cc1)N1CC(c2nc(-c3ccncc3)no2)C1. The Balaban J connectivity index is 1.39. The normalized spacial score (nSPS) is 14.9. The van der Waals surface area contributed by atoms with E-state index in [9.17, 15) is 18.0 Å². The van der Waals surface area contributed by atoms with E-state index in [-0.39, 0.29) is 17.4 Å². The van der Waals surface area contributed by atoms with Gasteiger partial charge in [0.05, 0.1) is 11.5 Å². The Hall–Kier alpha value is -3.23. The van der Waals surface area contributed by atoms with Crippen LogP contribution < -0.4 is 0 Å². The van der Waals surface area contributed by atoms with Crippen molar-refractivity contribution in [1.82, 2.24) is 20.0 Å². The number of halogens is 3. The molecule has 1 fully saturated rings. The lowest BCUT2D eigenvalue weighted by molar-refractivity contribution is -0.137. The number of amides is 1. The molecule has 0 radical (unpaired) electrons. The van der Waals surface area contributed by atoms with Crippen molar-refractivity contribution in [2.75, 3.05) is 13.1 Å². The second kappa shape index (κ2) is 6.49. The molecule has 9 heteroatoms. The number of nitrogens with zero attached hydrogens (tertiary/aromatic N) is 4. The minimum atomic E-state index is -4.42. The molecule has 1 aliphatic rings. The number of alkyl halides is 3. The van der Waals surface area contributed by atoms with Gasteiger partial charge in [-0.15, -0.1) is 0 Å². The first-order chi connectivity index (χ1) is 12.9. The van der Waals surface area contributed by atoms with E-state index in [1.165, 1.54) is 17.0 Å². The summed E-state index contributed by atoms with van der Waals surface area (Å²) in [6.07, 6.45) is -1.17. The van der Waals surface area contributed by atoms with Gasteiger partial charge >= 0.3 is 6.18 Å². The molecule has 0 spiro atoms. The third-order valence-corrected chi connectivity index (χ3v) is 4.36. The van der Waals surface area contributed by atoms with Crippen molar-refractivity contribution in [3.8, 4) is 11.4 Å². The summed E-state index contributed by atoms with van der Waals surface area (Å²) in [5, 5.41) is 3.93. The maximum Gasteiger partial charge on any atom is 0.416 e. The molecular formula is C18H13F3N4O2. The van der Waals surface area contributed by atoms with Crippen molar-refractivity contribution >= 4 is 5.91 Å². The highest BCUT2D eigenvalue weighted by molar-refractivity contribution is 5.94. The molecule has 4 rings (SSSR count). The van der Waals surface area contributed by atoms with Crippen molar-refractivity contribution < 1.29 is 22.5 Å². The van der Waals surface area contributed by atoms with Crippen LogP contribution in [0.15, 0.2) is 53.3 Å². The number of aromatic nitrogens is 3. The number of benzene rings is 1. The molecule has 0 unspecified atom stereocenters. The van der Waals surface area contributed by atoms with E-state index in [0.29, 0.717) is 24.8 Å². The first kappa shape index (κ1) is 17.2. The van der Waals surface area contributed by atoms with Crippen LogP contribution in [0, 0.1) is 0 Å². The topological polar surface area (TPSA) is 72.1 Å². The lowest BCUT2D eigenvalue weighted by Gasteiger charge is -2.37. The van der Waals surface area contributed by atoms with Crippen molar-refractivity contribution in [2.24, 2.45) is 0 Å². The number of likely N-dealkylation sites (tertiary alicyclic amines) is 1. The molecular weight excluding hydrogens is 361 g/mol.